The van der Waals surface area contributed by atoms with Crippen molar-refractivity contribution in [1.29, 1.82) is 0 Å². The van der Waals surface area contributed by atoms with Crippen molar-refractivity contribution in [2.45, 2.75) is 32.2 Å². The number of rotatable bonds is 9. The van der Waals surface area contributed by atoms with Gasteiger partial charge in [0, 0.05) is 13.0 Å². The van der Waals surface area contributed by atoms with Crippen LogP contribution in [0.1, 0.15) is 26.2 Å². The van der Waals surface area contributed by atoms with E-state index >= 15 is 0 Å². The van der Waals surface area contributed by atoms with Crippen molar-refractivity contribution in [3.8, 4) is 0 Å². The second kappa shape index (κ2) is 9.59. The Balaban J connectivity index is 3.94. The molecule has 0 saturated carbocycles. The van der Waals surface area contributed by atoms with Crippen molar-refractivity contribution in [1.82, 2.24) is 10.6 Å². The molecule has 0 spiro atoms. The largest absolute Gasteiger partial charge is 0.480 e. The van der Waals surface area contributed by atoms with Gasteiger partial charge in [0.25, 0.3) is 0 Å². The fraction of sp³-hybridized carbons (Fsp3) is 0.636. The van der Waals surface area contributed by atoms with E-state index in [9.17, 15) is 19.2 Å². The van der Waals surface area contributed by atoms with E-state index in [1.807, 2.05) is 0 Å². The van der Waals surface area contributed by atoms with Crippen LogP contribution in [-0.2, 0) is 19.1 Å². The summed E-state index contributed by atoms with van der Waals surface area (Å²) in [7, 11) is 0. The van der Waals surface area contributed by atoms with Gasteiger partial charge in [0.2, 0.25) is 5.91 Å². The zero-order chi connectivity index (χ0) is 15.5. The number of amides is 3. The average Bonchev–Trinajstić information content (AvgIpc) is 2.33. The van der Waals surface area contributed by atoms with Crippen LogP contribution < -0.4 is 16.4 Å². The van der Waals surface area contributed by atoms with Gasteiger partial charge < -0.3 is 26.2 Å². The number of carbonyl (C=O) groups excluding carboxylic acids is 3. The molecule has 0 aromatic heterocycles. The Morgan fingerprint density at radius 1 is 1.30 bits per heavy atom. The van der Waals surface area contributed by atoms with E-state index in [-0.39, 0.29) is 18.9 Å². The molecule has 0 bridgehead atoms. The monoisotopic (exact) mass is 289 g/mol. The van der Waals surface area contributed by atoms with E-state index in [4.69, 9.17) is 15.6 Å². The number of carboxylic acid groups (broad SMARTS) is 1. The topological polar surface area (TPSA) is 148 Å². The lowest BCUT2D eigenvalue weighted by Gasteiger charge is -2.13. The molecule has 20 heavy (non-hydrogen) atoms. The minimum absolute atomic E-state index is 0.151. The van der Waals surface area contributed by atoms with E-state index in [1.54, 1.807) is 6.92 Å². The summed E-state index contributed by atoms with van der Waals surface area (Å²) in [6.45, 7) is 2.15. The highest BCUT2D eigenvalue weighted by Gasteiger charge is 2.21. The zero-order valence-electron chi connectivity index (χ0n) is 11.2. The Labute approximate surface area is 115 Å². The van der Waals surface area contributed by atoms with Crippen LogP contribution in [0.4, 0.5) is 4.79 Å². The molecule has 0 aromatic carbocycles. The van der Waals surface area contributed by atoms with Crippen molar-refractivity contribution < 1.29 is 29.0 Å². The molecule has 0 unspecified atom stereocenters. The Bertz CT molecular complexity index is 371. The summed E-state index contributed by atoms with van der Waals surface area (Å²) < 4.78 is 4.69. The fourth-order valence-corrected chi connectivity index (χ4v) is 1.28. The highest BCUT2D eigenvalue weighted by atomic mass is 16.5. The van der Waals surface area contributed by atoms with Crippen LogP contribution in [0.5, 0.6) is 0 Å². The Morgan fingerprint density at radius 2 is 1.95 bits per heavy atom. The van der Waals surface area contributed by atoms with E-state index < -0.39 is 30.4 Å². The fourth-order valence-electron chi connectivity index (χ4n) is 1.28. The molecular formula is C11H19N3O6. The van der Waals surface area contributed by atoms with Crippen LogP contribution >= 0.6 is 0 Å². The predicted octanol–water partition coefficient (Wildman–Crippen LogP) is -1.04. The molecule has 5 N–H and O–H groups in total. The van der Waals surface area contributed by atoms with Gasteiger partial charge in [-0.1, -0.05) is 0 Å². The van der Waals surface area contributed by atoms with Gasteiger partial charge in [-0.05, 0) is 13.3 Å². The maximum absolute atomic E-state index is 11.4. The summed E-state index contributed by atoms with van der Waals surface area (Å²) >= 11 is 0. The number of carbonyl (C=O) groups is 4. The number of esters is 1. The second-order valence-electron chi connectivity index (χ2n) is 3.87. The summed E-state index contributed by atoms with van der Waals surface area (Å²) in [4.78, 5) is 43.7. The molecular weight excluding hydrogens is 270 g/mol. The standard InChI is InChI=1S/C11H19N3O6/c1-2-20-9(16)4-3-5-13-11(19)14-7(10(17)18)6-8(12)15/h7H,2-6H2,1H3,(H2,12,15)(H,17,18)(H2,13,14,19)/t7-/m0/s1. The summed E-state index contributed by atoms with van der Waals surface area (Å²) in [5.74, 6) is -2.56. The van der Waals surface area contributed by atoms with Gasteiger partial charge in [-0.3, -0.25) is 9.59 Å². The summed E-state index contributed by atoms with van der Waals surface area (Å²) in [6, 6.07) is -2.12. The molecule has 0 fully saturated rings. The molecule has 9 heteroatoms. The highest BCUT2D eigenvalue weighted by molar-refractivity contribution is 5.87. The van der Waals surface area contributed by atoms with Crippen molar-refractivity contribution in [2.24, 2.45) is 5.73 Å². The number of hydrogen-bond acceptors (Lipinski definition) is 5. The summed E-state index contributed by atoms with van der Waals surface area (Å²) in [6.07, 6.45) is 0.0170. The molecule has 9 nitrogen and oxygen atoms in total. The molecule has 0 saturated heterocycles. The van der Waals surface area contributed by atoms with Crippen molar-refractivity contribution in [2.75, 3.05) is 13.2 Å². The van der Waals surface area contributed by atoms with Gasteiger partial charge >= 0.3 is 18.0 Å². The third kappa shape index (κ3) is 8.72. The molecule has 0 aliphatic heterocycles. The summed E-state index contributed by atoms with van der Waals surface area (Å²) in [5, 5.41) is 13.2. The van der Waals surface area contributed by atoms with Crippen molar-refractivity contribution in [3.63, 3.8) is 0 Å². The van der Waals surface area contributed by atoms with Gasteiger partial charge in [-0.25, -0.2) is 9.59 Å². The SMILES string of the molecule is CCOC(=O)CCCNC(=O)N[C@@H](CC(N)=O)C(=O)O. The zero-order valence-corrected chi connectivity index (χ0v) is 11.2. The van der Waals surface area contributed by atoms with Gasteiger partial charge in [-0.15, -0.1) is 0 Å². The van der Waals surface area contributed by atoms with E-state index in [0.717, 1.165) is 0 Å². The van der Waals surface area contributed by atoms with Gasteiger partial charge in [0.15, 0.2) is 0 Å². The Hall–Kier alpha value is -2.32. The van der Waals surface area contributed by atoms with E-state index in [1.165, 1.54) is 0 Å². The minimum Gasteiger partial charge on any atom is -0.480 e. The first-order chi connectivity index (χ1) is 9.36. The molecule has 1 atom stereocenters. The normalized spacial score (nSPS) is 11.2. The molecule has 3 amide bonds. The molecule has 0 aliphatic rings. The van der Waals surface area contributed by atoms with E-state index in [2.05, 4.69) is 10.6 Å². The first-order valence-electron chi connectivity index (χ1n) is 6.07. The lowest BCUT2D eigenvalue weighted by molar-refractivity contribution is -0.143. The van der Waals surface area contributed by atoms with Crippen LogP contribution in [0.3, 0.4) is 0 Å². The number of nitrogens with one attached hydrogen (secondary N) is 2. The molecule has 0 heterocycles. The molecule has 114 valence electrons. The van der Waals surface area contributed by atoms with Gasteiger partial charge in [0.1, 0.15) is 6.04 Å². The second-order valence-corrected chi connectivity index (χ2v) is 3.87. The third-order valence-corrected chi connectivity index (χ3v) is 2.16. The van der Waals surface area contributed by atoms with Crippen LogP contribution in [0.25, 0.3) is 0 Å². The van der Waals surface area contributed by atoms with Crippen molar-refractivity contribution >= 4 is 23.9 Å². The number of nitrogens with two attached hydrogens (primary N) is 1. The smallest absolute Gasteiger partial charge is 0.326 e. The number of carboxylic acids is 1. The number of primary amides is 1. The van der Waals surface area contributed by atoms with Crippen molar-refractivity contribution in [3.05, 3.63) is 0 Å². The quantitative estimate of drug-likeness (QED) is 0.314. The lowest BCUT2D eigenvalue weighted by atomic mass is 10.2. The average molecular weight is 289 g/mol. The van der Waals surface area contributed by atoms with E-state index in [0.29, 0.717) is 13.0 Å². The number of urea groups is 1. The minimum atomic E-state index is -1.38. The van der Waals surface area contributed by atoms with Crippen LogP contribution in [-0.4, -0.2) is 48.2 Å². The Kier molecular flexibility index (Phi) is 8.48. The Morgan fingerprint density at radius 3 is 2.45 bits per heavy atom. The molecule has 0 aromatic rings. The number of hydrogen-bond donors (Lipinski definition) is 4. The van der Waals surface area contributed by atoms with Crippen LogP contribution in [0.2, 0.25) is 0 Å². The lowest BCUT2D eigenvalue weighted by Crippen LogP contribution is -2.47. The third-order valence-electron chi connectivity index (χ3n) is 2.16. The van der Waals surface area contributed by atoms with Crippen LogP contribution in [0.15, 0.2) is 0 Å². The molecule has 0 rings (SSSR count). The first kappa shape index (κ1) is 17.7. The molecule has 0 radical (unpaired) electrons. The first-order valence-corrected chi connectivity index (χ1v) is 6.07. The van der Waals surface area contributed by atoms with Gasteiger partial charge in [0.05, 0.1) is 13.0 Å². The van der Waals surface area contributed by atoms with Crippen LogP contribution in [0, 0.1) is 0 Å². The molecule has 0 aliphatic carbocycles. The predicted molar refractivity (Wildman–Crippen MR) is 67.6 cm³/mol. The highest BCUT2D eigenvalue weighted by Crippen LogP contribution is 1.93. The summed E-state index contributed by atoms with van der Waals surface area (Å²) in [5.41, 5.74) is 4.86. The maximum atomic E-state index is 11.4. The maximum Gasteiger partial charge on any atom is 0.326 e. The van der Waals surface area contributed by atoms with Gasteiger partial charge in [-0.2, -0.15) is 0 Å². The number of ether oxygens (including phenoxy) is 1. The number of aliphatic carboxylic acids is 1.